The van der Waals surface area contributed by atoms with Crippen LogP contribution in [0.25, 0.3) is 32.4 Å². The van der Waals surface area contributed by atoms with E-state index in [0.29, 0.717) is 37.2 Å². The molecule has 0 unspecified atom stereocenters. The predicted molar refractivity (Wildman–Crippen MR) is 132 cm³/mol. The smallest absolute Gasteiger partial charge is 0.295 e. The Morgan fingerprint density at radius 1 is 0.912 bits per heavy atom. The van der Waals surface area contributed by atoms with Crippen LogP contribution in [-0.4, -0.2) is 62.7 Å². The number of aromatic amines is 1. The number of amides is 1. The average molecular weight is 469 g/mol. The maximum Gasteiger partial charge on any atom is 0.295 e. The van der Waals surface area contributed by atoms with Crippen molar-refractivity contribution in [2.75, 3.05) is 31.1 Å². The molecule has 6 rings (SSSR count). The van der Waals surface area contributed by atoms with Gasteiger partial charge < -0.3 is 14.8 Å². The van der Waals surface area contributed by atoms with Gasteiger partial charge in [-0.3, -0.25) is 14.6 Å². The highest BCUT2D eigenvalue weighted by molar-refractivity contribution is 7.13. The van der Waals surface area contributed by atoms with Crippen LogP contribution < -0.4 is 4.90 Å². The maximum atomic E-state index is 13.2. The zero-order valence-electron chi connectivity index (χ0n) is 18.1. The molecule has 0 radical (unpaired) electrons. The molecule has 9 heteroatoms. The molecule has 0 aliphatic carbocycles. The van der Waals surface area contributed by atoms with Gasteiger partial charge in [-0.1, -0.05) is 24.3 Å². The summed E-state index contributed by atoms with van der Waals surface area (Å²) in [5, 5.41) is 4.94. The van der Waals surface area contributed by atoms with E-state index in [4.69, 9.17) is 0 Å². The average Bonchev–Trinajstić information content (AvgIpc) is 3.58. The third-order valence-electron chi connectivity index (χ3n) is 6.19. The van der Waals surface area contributed by atoms with Crippen LogP contribution in [0, 0.1) is 0 Å². The number of piperazine rings is 1. The molecule has 0 atom stereocenters. The highest BCUT2D eigenvalue weighted by Crippen LogP contribution is 2.30. The van der Waals surface area contributed by atoms with Crippen LogP contribution in [-0.2, 0) is 4.79 Å². The van der Waals surface area contributed by atoms with Crippen molar-refractivity contribution in [1.82, 2.24) is 24.8 Å². The molecule has 1 aliphatic rings. The van der Waals surface area contributed by atoms with Crippen molar-refractivity contribution in [3.63, 3.8) is 0 Å². The number of hydrogen-bond acceptors (Lipinski definition) is 7. The van der Waals surface area contributed by atoms with Gasteiger partial charge in [-0.15, -0.1) is 11.3 Å². The van der Waals surface area contributed by atoms with Crippen molar-refractivity contribution in [2.45, 2.75) is 0 Å². The number of carbonyl (C=O) groups excluding carboxylic acids is 2. The first-order chi connectivity index (χ1) is 16.7. The number of nitrogens with one attached hydrogen (secondary N) is 1. The molecule has 8 nitrogen and oxygen atoms in total. The van der Waals surface area contributed by atoms with Crippen molar-refractivity contribution < 1.29 is 9.59 Å². The lowest BCUT2D eigenvalue weighted by Crippen LogP contribution is -2.50. The number of thiazole rings is 1. The molecule has 5 aromatic rings. The number of hydrogen-bond donors (Lipinski definition) is 1. The minimum Gasteiger partial charge on any atom is -0.359 e. The molecule has 34 heavy (non-hydrogen) atoms. The first-order valence-corrected chi connectivity index (χ1v) is 11.9. The normalized spacial score (nSPS) is 14.1. The van der Waals surface area contributed by atoms with Crippen molar-refractivity contribution in [3.05, 3.63) is 72.1 Å². The third kappa shape index (κ3) is 3.41. The summed E-state index contributed by atoms with van der Waals surface area (Å²) < 4.78 is 0. The van der Waals surface area contributed by atoms with Gasteiger partial charge in [-0.05, 0) is 17.5 Å². The molecular formula is C25H20N6O2S. The summed E-state index contributed by atoms with van der Waals surface area (Å²) in [4.78, 5) is 46.5. The Hall–Kier alpha value is -4.11. The number of aromatic nitrogens is 4. The Balaban J connectivity index is 1.21. The van der Waals surface area contributed by atoms with Gasteiger partial charge in [0.15, 0.2) is 0 Å². The van der Waals surface area contributed by atoms with E-state index in [1.165, 1.54) is 11.3 Å². The van der Waals surface area contributed by atoms with Gasteiger partial charge in [0.1, 0.15) is 10.8 Å². The highest BCUT2D eigenvalue weighted by atomic mass is 32.1. The second kappa shape index (κ2) is 8.35. The number of Topliss-reactive ketones (excluding diaryl/α,β-unsaturated/α-hetero) is 1. The molecule has 4 aromatic heterocycles. The van der Waals surface area contributed by atoms with E-state index < -0.39 is 11.7 Å². The Morgan fingerprint density at radius 3 is 2.56 bits per heavy atom. The third-order valence-corrected chi connectivity index (χ3v) is 6.99. The van der Waals surface area contributed by atoms with Gasteiger partial charge in [0.25, 0.3) is 11.7 Å². The summed E-state index contributed by atoms with van der Waals surface area (Å²) in [5.41, 5.74) is 2.35. The van der Waals surface area contributed by atoms with Crippen LogP contribution in [0.1, 0.15) is 10.4 Å². The maximum absolute atomic E-state index is 13.2. The number of anilines is 1. The highest BCUT2D eigenvalue weighted by Gasteiger charge is 2.30. The summed E-state index contributed by atoms with van der Waals surface area (Å²) >= 11 is 1.51. The molecule has 1 aromatic carbocycles. The molecular weight excluding hydrogens is 448 g/mol. The van der Waals surface area contributed by atoms with E-state index in [9.17, 15) is 9.59 Å². The van der Waals surface area contributed by atoms with E-state index in [-0.39, 0.29) is 5.56 Å². The van der Waals surface area contributed by atoms with Gasteiger partial charge in [0.2, 0.25) is 0 Å². The lowest BCUT2D eigenvalue weighted by atomic mass is 10.1. The second-order valence-corrected chi connectivity index (χ2v) is 8.98. The van der Waals surface area contributed by atoms with Crippen LogP contribution in [0.5, 0.6) is 0 Å². The number of fused-ring (bicyclic) bond motifs is 2. The standard InChI is InChI=1S/C25H20N6O2S/c32-22(19-15-29-20-18(6-8-26-21(19)20)24-28-9-14-34-24)25(33)31-12-10-30(11-13-31)23-17-4-2-1-3-16(17)5-7-27-23/h1-9,14-15,29H,10-13H2. The van der Waals surface area contributed by atoms with E-state index in [1.54, 1.807) is 23.5 Å². The molecule has 0 bridgehead atoms. The van der Waals surface area contributed by atoms with Gasteiger partial charge >= 0.3 is 0 Å². The molecule has 1 aliphatic heterocycles. The van der Waals surface area contributed by atoms with Gasteiger partial charge in [0, 0.05) is 67.3 Å². The number of rotatable bonds is 4. The van der Waals surface area contributed by atoms with Crippen molar-refractivity contribution in [3.8, 4) is 10.6 Å². The molecule has 1 amide bonds. The quantitative estimate of drug-likeness (QED) is 0.319. The Kier molecular flexibility index (Phi) is 5.03. The molecule has 5 heterocycles. The van der Waals surface area contributed by atoms with Crippen LogP contribution in [0.15, 0.2) is 66.6 Å². The minimum atomic E-state index is -0.549. The summed E-state index contributed by atoms with van der Waals surface area (Å²) in [5.74, 6) is -0.147. The predicted octanol–water partition coefficient (Wildman–Crippen LogP) is 3.77. The Bertz CT molecular complexity index is 1510. The summed E-state index contributed by atoms with van der Waals surface area (Å²) in [7, 11) is 0. The second-order valence-electron chi connectivity index (χ2n) is 8.09. The van der Waals surface area contributed by atoms with Crippen molar-refractivity contribution in [2.24, 2.45) is 0 Å². The van der Waals surface area contributed by atoms with Gasteiger partial charge in [0.05, 0.1) is 16.6 Å². The summed E-state index contributed by atoms with van der Waals surface area (Å²) in [6.07, 6.45) is 6.76. The minimum absolute atomic E-state index is 0.288. The first-order valence-electron chi connectivity index (χ1n) is 11.0. The largest absolute Gasteiger partial charge is 0.359 e. The topological polar surface area (TPSA) is 95.1 Å². The van der Waals surface area contributed by atoms with Crippen molar-refractivity contribution in [1.29, 1.82) is 0 Å². The van der Waals surface area contributed by atoms with E-state index in [2.05, 4.69) is 37.0 Å². The van der Waals surface area contributed by atoms with Crippen LogP contribution in [0.2, 0.25) is 0 Å². The van der Waals surface area contributed by atoms with Gasteiger partial charge in [-0.2, -0.15) is 0 Å². The molecule has 1 N–H and O–H groups in total. The first kappa shape index (κ1) is 20.5. The number of benzene rings is 1. The van der Waals surface area contributed by atoms with E-state index in [0.717, 1.165) is 27.2 Å². The fraction of sp³-hybridized carbons (Fsp3) is 0.160. The summed E-state index contributed by atoms with van der Waals surface area (Å²) in [6, 6.07) is 12.0. The zero-order chi connectivity index (χ0) is 23.1. The number of nitrogens with zero attached hydrogens (tertiary/aromatic N) is 5. The molecule has 0 spiro atoms. The van der Waals surface area contributed by atoms with Crippen molar-refractivity contribution >= 4 is 50.7 Å². The number of H-pyrrole nitrogens is 1. The lowest BCUT2D eigenvalue weighted by molar-refractivity contribution is -0.126. The number of carbonyl (C=O) groups is 2. The molecule has 1 saturated heterocycles. The van der Waals surface area contributed by atoms with Crippen LogP contribution >= 0.6 is 11.3 Å². The van der Waals surface area contributed by atoms with Crippen LogP contribution in [0.4, 0.5) is 5.82 Å². The fourth-order valence-electron chi connectivity index (χ4n) is 4.47. The lowest BCUT2D eigenvalue weighted by Gasteiger charge is -2.35. The molecule has 0 saturated carbocycles. The molecule has 1 fully saturated rings. The zero-order valence-corrected chi connectivity index (χ0v) is 19.0. The number of pyridine rings is 2. The monoisotopic (exact) mass is 468 g/mol. The fourth-order valence-corrected chi connectivity index (χ4v) is 5.14. The Labute approximate surface area is 198 Å². The summed E-state index contributed by atoms with van der Waals surface area (Å²) in [6.45, 7) is 2.13. The van der Waals surface area contributed by atoms with E-state index >= 15 is 0 Å². The SMILES string of the molecule is O=C(C(=O)N1CCN(c2nccc3ccccc23)CC1)c1c[nH]c2c(-c3nccs3)ccnc12. The molecule has 168 valence electrons. The van der Waals surface area contributed by atoms with E-state index in [1.807, 2.05) is 35.8 Å². The Morgan fingerprint density at radius 2 is 1.74 bits per heavy atom. The van der Waals surface area contributed by atoms with Crippen LogP contribution in [0.3, 0.4) is 0 Å². The van der Waals surface area contributed by atoms with Gasteiger partial charge in [-0.25, -0.2) is 9.97 Å². The number of ketones is 1.